The first-order valence-corrected chi connectivity index (χ1v) is 8.95. The molecule has 6 heteroatoms. The number of nitrogens with two attached hydrogens (primary N) is 1. The fraction of sp³-hybridized carbons (Fsp3) is 0.400. The number of piperidine rings is 1. The third kappa shape index (κ3) is 3.73. The molecule has 1 aliphatic rings. The monoisotopic (exact) mass is 352 g/mol. The maximum absolute atomic E-state index is 12.1. The first-order valence-electron chi connectivity index (χ1n) is 8.95. The highest BCUT2D eigenvalue weighted by molar-refractivity contribution is 5.95. The number of methoxy groups -OCH3 is 1. The van der Waals surface area contributed by atoms with Gasteiger partial charge in [0, 0.05) is 18.4 Å². The molecule has 26 heavy (non-hydrogen) atoms. The van der Waals surface area contributed by atoms with Crippen molar-refractivity contribution in [3.63, 3.8) is 0 Å². The quantitative estimate of drug-likeness (QED) is 0.837. The molecule has 1 aliphatic heterocycles. The number of likely N-dealkylation sites (tertiary alicyclic amines) is 1. The van der Waals surface area contributed by atoms with Gasteiger partial charge in [-0.1, -0.05) is 18.6 Å². The Balaban J connectivity index is 1.78. The highest BCUT2D eigenvalue weighted by Crippen LogP contribution is 2.25. The van der Waals surface area contributed by atoms with Crippen molar-refractivity contribution in [2.45, 2.75) is 25.7 Å². The minimum Gasteiger partial charge on any atom is -0.464 e. The Morgan fingerprint density at radius 1 is 1.23 bits per heavy atom. The van der Waals surface area contributed by atoms with Crippen molar-refractivity contribution in [3.8, 4) is 11.8 Å². The number of anilines is 1. The zero-order valence-electron chi connectivity index (χ0n) is 15.1. The predicted molar refractivity (Wildman–Crippen MR) is 100 cm³/mol. The summed E-state index contributed by atoms with van der Waals surface area (Å²) in [5.74, 6) is -0.557. The molecule has 3 rings (SSSR count). The summed E-state index contributed by atoms with van der Waals surface area (Å²) in [7, 11) is 1.30. The van der Waals surface area contributed by atoms with Gasteiger partial charge in [-0.05, 0) is 50.0 Å². The molecular weight excluding hydrogens is 328 g/mol. The minimum absolute atomic E-state index is 0.147. The van der Waals surface area contributed by atoms with Crippen molar-refractivity contribution in [1.82, 2.24) is 9.47 Å². The number of aromatic nitrogens is 1. The van der Waals surface area contributed by atoms with Crippen LogP contribution in [-0.2, 0) is 11.2 Å². The number of nitrogen functional groups attached to an aromatic ring is 1. The van der Waals surface area contributed by atoms with Crippen molar-refractivity contribution in [1.29, 1.82) is 5.26 Å². The van der Waals surface area contributed by atoms with Crippen molar-refractivity contribution in [2.75, 3.05) is 32.5 Å². The Kier molecular flexibility index (Phi) is 5.59. The Hall–Kier alpha value is -2.78. The lowest BCUT2D eigenvalue weighted by Gasteiger charge is -2.26. The molecule has 1 fully saturated rings. The van der Waals surface area contributed by atoms with Crippen molar-refractivity contribution in [3.05, 3.63) is 47.3 Å². The molecule has 0 amide bonds. The summed E-state index contributed by atoms with van der Waals surface area (Å²) in [6, 6.07) is 10.0. The summed E-state index contributed by atoms with van der Waals surface area (Å²) in [5, 5.41) is 9.20. The summed E-state index contributed by atoms with van der Waals surface area (Å²) >= 11 is 0. The summed E-state index contributed by atoms with van der Waals surface area (Å²) in [4.78, 5) is 14.6. The number of nitriles is 1. The van der Waals surface area contributed by atoms with E-state index in [1.165, 1.54) is 45.0 Å². The first kappa shape index (κ1) is 18.0. The smallest absolute Gasteiger partial charge is 0.357 e. The predicted octanol–water partition coefficient (Wildman–Crippen LogP) is 2.75. The van der Waals surface area contributed by atoms with Gasteiger partial charge in [0.15, 0.2) is 5.69 Å². The van der Waals surface area contributed by atoms with Gasteiger partial charge < -0.3 is 19.9 Å². The molecule has 0 aliphatic carbocycles. The van der Waals surface area contributed by atoms with E-state index in [9.17, 15) is 10.1 Å². The molecule has 1 aromatic carbocycles. The molecule has 136 valence electrons. The van der Waals surface area contributed by atoms with E-state index in [1.54, 1.807) is 10.8 Å². The van der Waals surface area contributed by atoms with E-state index in [2.05, 4.69) is 17.0 Å². The van der Waals surface area contributed by atoms with E-state index in [4.69, 9.17) is 10.5 Å². The van der Waals surface area contributed by atoms with Crippen LogP contribution in [-0.4, -0.2) is 42.2 Å². The van der Waals surface area contributed by atoms with Gasteiger partial charge in [-0.25, -0.2) is 4.79 Å². The van der Waals surface area contributed by atoms with Gasteiger partial charge in [0.2, 0.25) is 0 Å². The van der Waals surface area contributed by atoms with Crippen LogP contribution >= 0.6 is 0 Å². The second kappa shape index (κ2) is 8.07. The van der Waals surface area contributed by atoms with E-state index in [1.807, 2.05) is 18.2 Å². The highest BCUT2D eigenvalue weighted by Gasteiger charge is 2.21. The molecule has 0 spiro atoms. The number of ether oxygens (including phenoxy) is 1. The molecule has 2 N–H and O–H groups in total. The Bertz CT molecular complexity index is 812. The number of esters is 1. The second-order valence-corrected chi connectivity index (χ2v) is 6.60. The fourth-order valence-corrected chi connectivity index (χ4v) is 3.41. The lowest BCUT2D eigenvalue weighted by atomic mass is 10.1. The molecule has 0 unspecified atom stereocenters. The molecule has 2 aromatic rings. The average Bonchev–Trinajstić information content (AvgIpc) is 3.03. The van der Waals surface area contributed by atoms with Gasteiger partial charge in [0.05, 0.1) is 18.4 Å². The number of benzene rings is 1. The molecular formula is C20H24N4O2. The van der Waals surface area contributed by atoms with E-state index < -0.39 is 5.97 Å². The number of hydrogen-bond donors (Lipinski definition) is 1. The first-order chi connectivity index (χ1) is 12.6. The molecule has 0 atom stereocenters. The van der Waals surface area contributed by atoms with Gasteiger partial charge in [0.25, 0.3) is 0 Å². The largest absolute Gasteiger partial charge is 0.464 e. The molecule has 0 saturated carbocycles. The third-order valence-corrected chi connectivity index (χ3v) is 4.92. The summed E-state index contributed by atoms with van der Waals surface area (Å²) < 4.78 is 6.43. The van der Waals surface area contributed by atoms with Gasteiger partial charge in [0.1, 0.15) is 6.07 Å². The number of hydrogen-bond acceptors (Lipinski definition) is 5. The van der Waals surface area contributed by atoms with Crippen molar-refractivity contribution in [2.24, 2.45) is 0 Å². The lowest BCUT2D eigenvalue weighted by Crippen LogP contribution is -2.31. The molecule has 2 heterocycles. The SMILES string of the molecule is COC(=O)c1c(N)c(C#N)cn1-c1ccc(CCN2CCCCC2)cc1. The number of carbonyl (C=O) groups is 1. The Morgan fingerprint density at radius 2 is 1.92 bits per heavy atom. The number of carbonyl (C=O) groups excluding carboxylic acids is 1. The van der Waals surface area contributed by atoms with Gasteiger partial charge >= 0.3 is 5.97 Å². The van der Waals surface area contributed by atoms with E-state index in [0.717, 1.165) is 18.7 Å². The normalized spacial score (nSPS) is 14.8. The summed E-state index contributed by atoms with van der Waals surface area (Å²) in [5.41, 5.74) is 8.56. The highest BCUT2D eigenvalue weighted by atomic mass is 16.5. The van der Waals surface area contributed by atoms with Gasteiger partial charge in [-0.15, -0.1) is 0 Å². The topological polar surface area (TPSA) is 84.3 Å². The number of rotatable bonds is 5. The lowest BCUT2D eigenvalue weighted by molar-refractivity contribution is 0.0593. The zero-order chi connectivity index (χ0) is 18.5. The van der Waals surface area contributed by atoms with Crippen LogP contribution in [0.25, 0.3) is 5.69 Å². The number of nitrogens with zero attached hydrogens (tertiary/aromatic N) is 3. The van der Waals surface area contributed by atoms with Crippen LogP contribution in [0.4, 0.5) is 5.69 Å². The van der Waals surface area contributed by atoms with Crippen LogP contribution in [0.3, 0.4) is 0 Å². The standard InChI is InChI=1S/C20H24N4O2/c1-26-20(25)19-18(22)16(13-21)14-24(19)17-7-5-15(6-8-17)9-12-23-10-3-2-4-11-23/h5-8,14H,2-4,9-12,22H2,1H3. The van der Waals surface area contributed by atoms with Gasteiger partial charge in [-0.2, -0.15) is 5.26 Å². The van der Waals surface area contributed by atoms with Crippen molar-refractivity contribution < 1.29 is 9.53 Å². The van der Waals surface area contributed by atoms with E-state index in [0.29, 0.717) is 0 Å². The van der Waals surface area contributed by atoms with Crippen LogP contribution < -0.4 is 5.73 Å². The molecule has 0 radical (unpaired) electrons. The fourth-order valence-electron chi connectivity index (χ4n) is 3.41. The van der Waals surface area contributed by atoms with Crippen molar-refractivity contribution >= 4 is 11.7 Å². The maximum Gasteiger partial charge on any atom is 0.357 e. The second-order valence-electron chi connectivity index (χ2n) is 6.60. The molecule has 6 nitrogen and oxygen atoms in total. The minimum atomic E-state index is -0.557. The van der Waals surface area contributed by atoms with Crippen LogP contribution in [0.15, 0.2) is 30.5 Å². The summed E-state index contributed by atoms with van der Waals surface area (Å²) in [6.07, 6.45) is 6.52. The molecule has 1 saturated heterocycles. The zero-order valence-corrected chi connectivity index (χ0v) is 15.1. The van der Waals surface area contributed by atoms with E-state index >= 15 is 0 Å². The van der Waals surface area contributed by atoms with E-state index in [-0.39, 0.29) is 16.9 Å². The molecule has 0 bridgehead atoms. The average molecular weight is 352 g/mol. The van der Waals surface area contributed by atoms with Crippen LogP contribution in [0.5, 0.6) is 0 Å². The van der Waals surface area contributed by atoms with Gasteiger partial charge in [-0.3, -0.25) is 0 Å². The summed E-state index contributed by atoms with van der Waals surface area (Å²) in [6.45, 7) is 3.46. The molecule has 1 aromatic heterocycles. The Morgan fingerprint density at radius 3 is 2.54 bits per heavy atom. The van der Waals surface area contributed by atoms with Crippen LogP contribution in [0.1, 0.15) is 40.9 Å². The van der Waals surface area contributed by atoms with Crippen LogP contribution in [0, 0.1) is 11.3 Å². The maximum atomic E-state index is 12.1. The Labute approximate surface area is 153 Å². The third-order valence-electron chi connectivity index (χ3n) is 4.92. The van der Waals surface area contributed by atoms with Crippen LogP contribution in [0.2, 0.25) is 0 Å².